The molecule has 3 N–H and O–H groups in total. The number of hydrogen-bond acceptors (Lipinski definition) is 3. The predicted octanol–water partition coefficient (Wildman–Crippen LogP) is 2.78. The van der Waals surface area contributed by atoms with Crippen molar-refractivity contribution in [2.24, 2.45) is 0 Å². The molecule has 3 heteroatoms. The number of phenols is 3. The first-order valence-electron chi connectivity index (χ1n) is 4.90. The second-order valence-electron chi connectivity index (χ2n) is 3.71. The van der Waals surface area contributed by atoms with Crippen LogP contribution in [0.5, 0.6) is 17.2 Å². The summed E-state index contributed by atoms with van der Waals surface area (Å²) in [5.74, 6) is -0.0926. The van der Waals surface area contributed by atoms with Crippen molar-refractivity contribution in [3.8, 4) is 28.4 Å². The average molecular weight is 216 g/mol. The van der Waals surface area contributed by atoms with Gasteiger partial charge in [0.1, 0.15) is 5.75 Å². The van der Waals surface area contributed by atoms with Gasteiger partial charge in [-0.15, -0.1) is 0 Å². The van der Waals surface area contributed by atoms with Gasteiger partial charge in [0.05, 0.1) is 0 Å². The monoisotopic (exact) mass is 216 g/mol. The fraction of sp³-hybridized carbons (Fsp3) is 0.0769. The molecular formula is C13H12O3. The standard InChI is InChI=1S/C13H12O3/c1-8-5-10(7-12(15)13(8)16)9-3-2-4-11(14)6-9/h2-7,14-16H,1H3. The first kappa shape index (κ1) is 10.4. The molecule has 0 amide bonds. The van der Waals surface area contributed by atoms with Crippen molar-refractivity contribution in [1.29, 1.82) is 0 Å². The lowest BCUT2D eigenvalue weighted by atomic mass is 10.0. The number of hydrogen-bond donors (Lipinski definition) is 3. The Morgan fingerprint density at radius 1 is 0.875 bits per heavy atom. The Labute approximate surface area is 93.2 Å². The SMILES string of the molecule is Cc1cc(-c2cccc(O)c2)cc(O)c1O. The van der Waals surface area contributed by atoms with Crippen LogP contribution in [0.3, 0.4) is 0 Å². The van der Waals surface area contributed by atoms with Gasteiger partial charge in [-0.05, 0) is 47.9 Å². The summed E-state index contributed by atoms with van der Waals surface area (Å²) in [5, 5.41) is 28.3. The summed E-state index contributed by atoms with van der Waals surface area (Å²) in [4.78, 5) is 0. The Hall–Kier alpha value is -2.16. The maximum atomic E-state index is 9.50. The van der Waals surface area contributed by atoms with Crippen molar-refractivity contribution < 1.29 is 15.3 Å². The van der Waals surface area contributed by atoms with E-state index in [0.29, 0.717) is 5.56 Å². The van der Waals surface area contributed by atoms with E-state index in [4.69, 9.17) is 0 Å². The Morgan fingerprint density at radius 3 is 2.25 bits per heavy atom. The number of phenolic OH excluding ortho intramolecular Hbond substituents is 3. The lowest BCUT2D eigenvalue weighted by molar-refractivity contribution is 0.401. The quantitative estimate of drug-likeness (QED) is 0.642. The minimum absolute atomic E-state index is 0.107. The molecule has 2 aromatic carbocycles. The average Bonchev–Trinajstić information content (AvgIpc) is 2.25. The van der Waals surface area contributed by atoms with E-state index >= 15 is 0 Å². The number of aryl methyl sites for hydroxylation is 1. The smallest absolute Gasteiger partial charge is 0.160 e. The minimum Gasteiger partial charge on any atom is -0.508 e. The summed E-state index contributed by atoms with van der Waals surface area (Å²) in [7, 11) is 0. The molecule has 0 aliphatic heterocycles. The highest BCUT2D eigenvalue weighted by atomic mass is 16.3. The molecular weight excluding hydrogens is 204 g/mol. The third-order valence-corrected chi connectivity index (χ3v) is 2.46. The van der Waals surface area contributed by atoms with Crippen molar-refractivity contribution >= 4 is 0 Å². The zero-order chi connectivity index (χ0) is 11.7. The van der Waals surface area contributed by atoms with Gasteiger partial charge in [0, 0.05) is 0 Å². The molecule has 0 atom stereocenters. The van der Waals surface area contributed by atoms with Crippen LogP contribution in [-0.4, -0.2) is 15.3 Å². The Bertz CT molecular complexity index is 509. The molecule has 0 saturated heterocycles. The molecule has 82 valence electrons. The lowest BCUT2D eigenvalue weighted by Crippen LogP contribution is -1.82. The topological polar surface area (TPSA) is 60.7 Å². The molecule has 3 nitrogen and oxygen atoms in total. The summed E-state index contributed by atoms with van der Waals surface area (Å²) < 4.78 is 0. The van der Waals surface area contributed by atoms with Gasteiger partial charge in [-0.25, -0.2) is 0 Å². The fourth-order valence-electron chi connectivity index (χ4n) is 1.61. The van der Waals surface area contributed by atoms with E-state index in [2.05, 4.69) is 0 Å². The summed E-state index contributed by atoms with van der Waals surface area (Å²) in [6.07, 6.45) is 0. The van der Waals surface area contributed by atoms with Gasteiger partial charge in [0.2, 0.25) is 0 Å². The van der Waals surface area contributed by atoms with E-state index in [1.54, 1.807) is 31.2 Å². The van der Waals surface area contributed by atoms with Crippen LogP contribution >= 0.6 is 0 Å². The summed E-state index contributed by atoms with van der Waals surface area (Å²) in [6.45, 7) is 1.71. The highest BCUT2D eigenvalue weighted by Crippen LogP contribution is 2.34. The molecule has 0 aliphatic carbocycles. The maximum Gasteiger partial charge on any atom is 0.160 e. The third kappa shape index (κ3) is 1.80. The Balaban J connectivity index is 2.57. The second kappa shape index (κ2) is 3.77. The molecule has 0 bridgehead atoms. The van der Waals surface area contributed by atoms with Crippen LogP contribution < -0.4 is 0 Å². The van der Waals surface area contributed by atoms with E-state index in [0.717, 1.165) is 11.1 Å². The highest BCUT2D eigenvalue weighted by molar-refractivity contribution is 5.69. The van der Waals surface area contributed by atoms with Gasteiger partial charge in [0.25, 0.3) is 0 Å². The van der Waals surface area contributed by atoms with Gasteiger partial charge in [-0.1, -0.05) is 12.1 Å². The zero-order valence-electron chi connectivity index (χ0n) is 8.81. The van der Waals surface area contributed by atoms with E-state index in [1.807, 2.05) is 6.07 Å². The molecule has 0 unspecified atom stereocenters. The molecule has 0 aliphatic rings. The van der Waals surface area contributed by atoms with Crippen LogP contribution in [0.2, 0.25) is 0 Å². The highest BCUT2D eigenvalue weighted by Gasteiger charge is 2.07. The Kier molecular flexibility index (Phi) is 2.44. The molecule has 2 aromatic rings. The molecule has 0 saturated carbocycles. The molecule has 16 heavy (non-hydrogen) atoms. The van der Waals surface area contributed by atoms with E-state index in [-0.39, 0.29) is 17.2 Å². The first-order chi connectivity index (χ1) is 7.58. The first-order valence-corrected chi connectivity index (χ1v) is 4.90. The third-order valence-electron chi connectivity index (χ3n) is 2.46. The summed E-state index contributed by atoms with van der Waals surface area (Å²) in [5.41, 5.74) is 2.14. The van der Waals surface area contributed by atoms with Crippen LogP contribution in [-0.2, 0) is 0 Å². The van der Waals surface area contributed by atoms with Crippen LogP contribution in [0.25, 0.3) is 11.1 Å². The molecule has 0 spiro atoms. The molecule has 0 heterocycles. The zero-order valence-corrected chi connectivity index (χ0v) is 8.81. The molecule has 2 rings (SSSR count). The largest absolute Gasteiger partial charge is 0.508 e. The molecule has 0 aromatic heterocycles. The van der Waals surface area contributed by atoms with E-state index in [1.165, 1.54) is 6.07 Å². The molecule has 0 radical (unpaired) electrons. The number of aromatic hydroxyl groups is 3. The number of benzene rings is 2. The van der Waals surface area contributed by atoms with Gasteiger partial charge < -0.3 is 15.3 Å². The minimum atomic E-state index is -0.154. The van der Waals surface area contributed by atoms with Gasteiger partial charge in [-0.2, -0.15) is 0 Å². The van der Waals surface area contributed by atoms with Crippen molar-refractivity contribution in [2.75, 3.05) is 0 Å². The van der Waals surface area contributed by atoms with Gasteiger partial charge >= 0.3 is 0 Å². The summed E-state index contributed by atoms with van der Waals surface area (Å²) >= 11 is 0. The lowest BCUT2D eigenvalue weighted by Gasteiger charge is -2.07. The van der Waals surface area contributed by atoms with Gasteiger partial charge in [-0.3, -0.25) is 0 Å². The van der Waals surface area contributed by atoms with Crippen LogP contribution in [0.1, 0.15) is 5.56 Å². The van der Waals surface area contributed by atoms with Crippen molar-refractivity contribution in [2.45, 2.75) is 6.92 Å². The number of rotatable bonds is 1. The maximum absolute atomic E-state index is 9.50. The fourth-order valence-corrected chi connectivity index (χ4v) is 1.61. The normalized spacial score (nSPS) is 10.3. The van der Waals surface area contributed by atoms with Crippen LogP contribution in [0.4, 0.5) is 0 Å². The molecule has 0 fully saturated rings. The van der Waals surface area contributed by atoms with E-state index < -0.39 is 0 Å². The second-order valence-corrected chi connectivity index (χ2v) is 3.71. The van der Waals surface area contributed by atoms with Crippen LogP contribution in [0.15, 0.2) is 36.4 Å². The van der Waals surface area contributed by atoms with Gasteiger partial charge in [0.15, 0.2) is 11.5 Å². The van der Waals surface area contributed by atoms with Crippen molar-refractivity contribution in [1.82, 2.24) is 0 Å². The van der Waals surface area contributed by atoms with Crippen molar-refractivity contribution in [3.63, 3.8) is 0 Å². The van der Waals surface area contributed by atoms with E-state index in [9.17, 15) is 15.3 Å². The Morgan fingerprint density at radius 2 is 1.62 bits per heavy atom. The summed E-state index contributed by atoms with van der Waals surface area (Å²) in [6, 6.07) is 9.96. The predicted molar refractivity (Wildman–Crippen MR) is 61.6 cm³/mol. The van der Waals surface area contributed by atoms with Crippen molar-refractivity contribution in [3.05, 3.63) is 42.0 Å². The van der Waals surface area contributed by atoms with Crippen LogP contribution in [0, 0.1) is 6.92 Å².